The number of nitrogens with zero attached hydrogens (tertiary/aromatic N) is 2. The van der Waals surface area contributed by atoms with Crippen LogP contribution in [0, 0.1) is 10.8 Å². The summed E-state index contributed by atoms with van der Waals surface area (Å²) < 4.78 is 12.1. The number of hydrogen-bond donors (Lipinski definition) is 1. The van der Waals surface area contributed by atoms with Gasteiger partial charge in [-0.1, -0.05) is 71.9 Å². The summed E-state index contributed by atoms with van der Waals surface area (Å²) in [5.41, 5.74) is 5.00. The van der Waals surface area contributed by atoms with E-state index in [0.29, 0.717) is 12.2 Å². The molecule has 214 valence electrons. The Bertz CT molecular complexity index is 1270. The van der Waals surface area contributed by atoms with E-state index in [0.717, 1.165) is 59.1 Å². The lowest BCUT2D eigenvalue weighted by Gasteiger charge is -2.50. The fourth-order valence-electron chi connectivity index (χ4n) is 5.89. The number of ether oxygens (including phenoxy) is 2. The van der Waals surface area contributed by atoms with Crippen LogP contribution in [0.5, 0.6) is 5.75 Å². The average molecular weight is 535 g/mol. The van der Waals surface area contributed by atoms with Crippen molar-refractivity contribution in [1.82, 2.24) is 9.80 Å². The molecule has 0 aromatic heterocycles. The summed E-state index contributed by atoms with van der Waals surface area (Å²) in [7, 11) is 3.95. The third kappa shape index (κ3) is 6.14. The number of hydrogen-bond acceptors (Lipinski definition) is 5. The molecule has 1 saturated heterocycles. The second-order valence-corrected chi connectivity index (χ2v) is 12.3. The van der Waals surface area contributed by atoms with Crippen LogP contribution in [0.2, 0.25) is 0 Å². The lowest BCUT2D eigenvalue weighted by atomic mass is 9.70. The van der Waals surface area contributed by atoms with Crippen molar-refractivity contribution in [3.63, 3.8) is 0 Å². The maximum atomic E-state index is 10.3. The fourth-order valence-corrected chi connectivity index (χ4v) is 5.89. The van der Waals surface area contributed by atoms with Crippen LogP contribution >= 0.6 is 0 Å². The average Bonchev–Trinajstić information content (AvgIpc) is 2.85. The summed E-state index contributed by atoms with van der Waals surface area (Å²) in [6.45, 7) is 25.4. The van der Waals surface area contributed by atoms with E-state index in [1.54, 1.807) is 7.11 Å². The monoisotopic (exact) mass is 534 g/mol. The van der Waals surface area contributed by atoms with E-state index in [2.05, 4.69) is 88.9 Å². The van der Waals surface area contributed by atoms with Gasteiger partial charge >= 0.3 is 0 Å². The fraction of sp³-hybridized carbons (Fsp3) is 0.529. The molecule has 39 heavy (non-hydrogen) atoms. The molecule has 5 nitrogen and oxygen atoms in total. The van der Waals surface area contributed by atoms with Gasteiger partial charge in [-0.25, -0.2) is 0 Å². The Kier molecular flexibility index (Phi) is 9.48. The third-order valence-electron chi connectivity index (χ3n) is 8.10. The van der Waals surface area contributed by atoms with Gasteiger partial charge in [-0.3, -0.25) is 0 Å². The SMILES string of the molecule is C=C(O)C1=CN2C(=CC1=C)/C(=c1\cccc(OCC3(COC)CCC3)c1=C(C)C)N(C)CC2C(C)(C)C.CC. The van der Waals surface area contributed by atoms with Crippen LogP contribution in [0.15, 0.2) is 66.2 Å². The van der Waals surface area contributed by atoms with E-state index in [1.807, 2.05) is 20.0 Å². The highest BCUT2D eigenvalue weighted by Gasteiger charge is 2.40. The van der Waals surface area contributed by atoms with Crippen molar-refractivity contribution in [2.45, 2.75) is 73.8 Å². The standard InChI is InChI=1S/C32H44N2O3.C2H6/c1-21(2)29-24(12-10-13-27(29)37-20-32(19-36-9)14-11-15-32)30-26-16-22(3)25(23(4)35)17-34(26)28(18-33(30)8)31(5,6)7;1-2/h10,12-13,16-17,28,35H,3-4,11,14-15,18-20H2,1-2,5-9H3;1-2H3/b30-24-;. The van der Waals surface area contributed by atoms with Gasteiger partial charge in [-0.15, -0.1) is 0 Å². The number of likely N-dealkylation sites (N-methyl/N-ethyl adjacent to an activating group) is 1. The summed E-state index contributed by atoms with van der Waals surface area (Å²) in [5.74, 6) is 0.962. The first-order valence-electron chi connectivity index (χ1n) is 14.3. The van der Waals surface area contributed by atoms with E-state index in [4.69, 9.17) is 9.47 Å². The van der Waals surface area contributed by atoms with Crippen molar-refractivity contribution in [2.24, 2.45) is 10.8 Å². The minimum Gasteiger partial charge on any atom is -0.508 e. The summed E-state index contributed by atoms with van der Waals surface area (Å²) in [6.07, 6.45) is 7.64. The van der Waals surface area contributed by atoms with Crippen LogP contribution in [0.1, 0.15) is 67.7 Å². The van der Waals surface area contributed by atoms with Crippen LogP contribution in [0.4, 0.5) is 0 Å². The maximum absolute atomic E-state index is 10.3. The molecule has 0 radical (unpaired) electrons. The Balaban J connectivity index is 0.00000205. The zero-order valence-corrected chi connectivity index (χ0v) is 25.8. The van der Waals surface area contributed by atoms with E-state index >= 15 is 0 Å². The number of aliphatic hydroxyl groups is 1. The summed E-state index contributed by atoms with van der Waals surface area (Å²) >= 11 is 0. The van der Waals surface area contributed by atoms with Crippen LogP contribution in [-0.4, -0.2) is 54.9 Å². The number of allylic oxidation sites excluding steroid dienone is 2. The van der Waals surface area contributed by atoms with Gasteiger partial charge in [-0.2, -0.15) is 0 Å². The first kappa shape index (κ1) is 30.6. The van der Waals surface area contributed by atoms with Crippen LogP contribution in [0.25, 0.3) is 11.3 Å². The van der Waals surface area contributed by atoms with Gasteiger partial charge in [0.15, 0.2) is 0 Å². The molecule has 0 bridgehead atoms. The second kappa shape index (κ2) is 12.1. The number of fused-ring (bicyclic) bond motifs is 1. The molecule has 1 aromatic carbocycles. The molecule has 1 aromatic rings. The molecule has 1 saturated carbocycles. The molecular formula is C34H50N2O3. The van der Waals surface area contributed by atoms with Gasteiger partial charge in [0.1, 0.15) is 11.5 Å². The van der Waals surface area contributed by atoms with Crippen molar-refractivity contribution < 1.29 is 14.6 Å². The number of benzene rings is 1. The molecule has 2 fully saturated rings. The molecule has 1 aliphatic carbocycles. The predicted molar refractivity (Wildman–Crippen MR) is 164 cm³/mol. The lowest BCUT2D eigenvalue weighted by Crippen LogP contribution is -2.55. The highest BCUT2D eigenvalue weighted by atomic mass is 16.5. The van der Waals surface area contributed by atoms with Gasteiger partial charge in [0.25, 0.3) is 0 Å². The molecule has 1 unspecified atom stereocenters. The summed E-state index contributed by atoms with van der Waals surface area (Å²) in [6, 6.07) is 6.58. The molecule has 2 aliphatic heterocycles. The van der Waals surface area contributed by atoms with E-state index in [-0.39, 0.29) is 22.6 Å². The topological polar surface area (TPSA) is 45.2 Å². The van der Waals surface area contributed by atoms with E-state index < -0.39 is 0 Å². The summed E-state index contributed by atoms with van der Waals surface area (Å²) in [4.78, 5) is 4.67. The van der Waals surface area contributed by atoms with Crippen molar-refractivity contribution in [3.05, 3.63) is 76.7 Å². The third-order valence-corrected chi connectivity index (χ3v) is 8.10. The second-order valence-electron chi connectivity index (χ2n) is 12.3. The van der Waals surface area contributed by atoms with Gasteiger partial charge < -0.3 is 24.4 Å². The highest BCUT2D eigenvalue weighted by Crippen LogP contribution is 2.42. The molecule has 0 amide bonds. The van der Waals surface area contributed by atoms with Gasteiger partial charge in [0.05, 0.1) is 30.6 Å². The molecule has 3 aliphatic rings. The van der Waals surface area contributed by atoms with Crippen LogP contribution in [0.3, 0.4) is 0 Å². The smallest absolute Gasteiger partial charge is 0.127 e. The number of piperazine rings is 1. The van der Waals surface area contributed by atoms with Crippen molar-refractivity contribution >= 4 is 11.3 Å². The van der Waals surface area contributed by atoms with Crippen molar-refractivity contribution in [3.8, 4) is 5.75 Å². The molecular weight excluding hydrogens is 484 g/mol. The molecule has 2 heterocycles. The first-order chi connectivity index (χ1) is 18.4. The molecule has 4 rings (SSSR count). The number of rotatable bonds is 6. The zero-order chi connectivity index (χ0) is 29.1. The minimum atomic E-state index is 0.00891. The number of methoxy groups -OCH3 is 1. The van der Waals surface area contributed by atoms with Gasteiger partial charge in [-0.05, 0) is 49.8 Å². The lowest BCUT2D eigenvalue weighted by molar-refractivity contribution is -0.0188. The van der Waals surface area contributed by atoms with Gasteiger partial charge in [0, 0.05) is 48.3 Å². The summed E-state index contributed by atoms with van der Waals surface area (Å²) in [5, 5.41) is 12.6. The Morgan fingerprint density at radius 1 is 1.15 bits per heavy atom. The minimum absolute atomic E-state index is 0.00891. The first-order valence-corrected chi connectivity index (χ1v) is 14.3. The molecule has 0 spiro atoms. The van der Waals surface area contributed by atoms with Crippen LogP contribution < -0.4 is 15.2 Å². The Morgan fingerprint density at radius 3 is 2.33 bits per heavy atom. The maximum Gasteiger partial charge on any atom is 0.127 e. The predicted octanol–water partition coefficient (Wildman–Crippen LogP) is 6.28. The highest BCUT2D eigenvalue weighted by molar-refractivity contribution is 5.70. The number of aliphatic hydroxyl groups excluding tert-OH is 1. The quantitative estimate of drug-likeness (QED) is 0.435. The van der Waals surface area contributed by atoms with Crippen molar-refractivity contribution in [2.75, 3.05) is 33.9 Å². The van der Waals surface area contributed by atoms with E-state index in [1.165, 1.54) is 12.0 Å². The Morgan fingerprint density at radius 2 is 1.82 bits per heavy atom. The zero-order valence-electron chi connectivity index (χ0n) is 25.8. The van der Waals surface area contributed by atoms with E-state index in [9.17, 15) is 5.11 Å². The Labute approximate surface area is 236 Å². The Hall–Kier alpha value is -2.92. The molecule has 1 N–H and O–H groups in total. The van der Waals surface area contributed by atoms with Gasteiger partial charge in [0.2, 0.25) is 0 Å². The molecule has 5 heteroatoms. The largest absolute Gasteiger partial charge is 0.508 e. The molecule has 1 atom stereocenters. The normalized spacial score (nSPS) is 21.6. The van der Waals surface area contributed by atoms with Crippen LogP contribution in [-0.2, 0) is 4.74 Å². The van der Waals surface area contributed by atoms with Crippen molar-refractivity contribution in [1.29, 1.82) is 0 Å².